The van der Waals surface area contributed by atoms with E-state index >= 15 is 0 Å². The van der Waals surface area contributed by atoms with Gasteiger partial charge in [-0.25, -0.2) is 0 Å². The van der Waals surface area contributed by atoms with Crippen LogP contribution < -0.4 is 5.32 Å². The lowest BCUT2D eigenvalue weighted by molar-refractivity contribution is 0.0942. The molecule has 1 aliphatic rings. The molecule has 3 atom stereocenters. The number of ether oxygens (including phenoxy) is 1. The Morgan fingerprint density at radius 1 is 1.58 bits per heavy atom. The van der Waals surface area contributed by atoms with E-state index in [9.17, 15) is 0 Å². The molecule has 0 amide bonds. The quantitative estimate of drug-likeness (QED) is 0.821. The Bertz CT molecular complexity index is 377. The van der Waals surface area contributed by atoms with Gasteiger partial charge in [-0.2, -0.15) is 5.10 Å². The molecule has 1 aromatic heterocycles. The smallest absolute Gasteiger partial charge is 0.0590 e. The number of aromatic nitrogens is 2. The second-order valence-electron chi connectivity index (χ2n) is 5.57. The Labute approximate surface area is 116 Å². The lowest BCUT2D eigenvalue weighted by Crippen LogP contribution is -2.40. The second kappa shape index (κ2) is 7.06. The second-order valence-corrected chi connectivity index (χ2v) is 5.57. The molecule has 2 rings (SSSR count). The van der Waals surface area contributed by atoms with Crippen LogP contribution in [0.3, 0.4) is 0 Å². The molecule has 2 heterocycles. The first-order valence-corrected chi connectivity index (χ1v) is 7.54. The van der Waals surface area contributed by atoms with Crippen LogP contribution in [0, 0.1) is 5.92 Å². The van der Waals surface area contributed by atoms with Gasteiger partial charge in [-0.05, 0) is 45.2 Å². The average molecular weight is 265 g/mol. The van der Waals surface area contributed by atoms with Crippen LogP contribution >= 0.6 is 0 Å². The minimum atomic E-state index is 0.390. The minimum Gasteiger partial charge on any atom is -0.378 e. The van der Waals surface area contributed by atoms with E-state index in [0.717, 1.165) is 26.0 Å². The third-order valence-corrected chi connectivity index (χ3v) is 4.24. The minimum absolute atomic E-state index is 0.390. The van der Waals surface area contributed by atoms with Gasteiger partial charge in [-0.3, -0.25) is 4.68 Å². The van der Waals surface area contributed by atoms with Gasteiger partial charge in [-0.1, -0.05) is 6.92 Å². The molecular formula is C15H27N3O. The fourth-order valence-corrected chi connectivity index (χ4v) is 3.02. The molecule has 19 heavy (non-hydrogen) atoms. The van der Waals surface area contributed by atoms with Crippen molar-refractivity contribution in [1.82, 2.24) is 15.1 Å². The van der Waals surface area contributed by atoms with Crippen molar-refractivity contribution >= 4 is 0 Å². The fraction of sp³-hybridized carbons (Fsp3) is 0.800. The summed E-state index contributed by atoms with van der Waals surface area (Å²) in [5.41, 5.74) is 1.31. The molecule has 1 N–H and O–H groups in total. The average Bonchev–Trinajstić information content (AvgIpc) is 2.99. The lowest BCUT2D eigenvalue weighted by Gasteiger charge is -2.27. The van der Waals surface area contributed by atoms with Crippen molar-refractivity contribution in [3.05, 3.63) is 18.0 Å². The van der Waals surface area contributed by atoms with Gasteiger partial charge in [0.25, 0.3) is 0 Å². The molecule has 108 valence electrons. The van der Waals surface area contributed by atoms with E-state index in [1.165, 1.54) is 18.5 Å². The van der Waals surface area contributed by atoms with E-state index in [-0.39, 0.29) is 0 Å². The predicted molar refractivity (Wildman–Crippen MR) is 77.1 cm³/mol. The zero-order chi connectivity index (χ0) is 13.7. The van der Waals surface area contributed by atoms with Crippen molar-refractivity contribution in [3.8, 4) is 0 Å². The van der Waals surface area contributed by atoms with Crippen LogP contribution in [0.1, 0.15) is 38.8 Å². The molecule has 0 bridgehead atoms. The maximum absolute atomic E-state index is 5.73. The third kappa shape index (κ3) is 3.80. The van der Waals surface area contributed by atoms with Crippen LogP contribution in [0.2, 0.25) is 0 Å². The summed E-state index contributed by atoms with van der Waals surface area (Å²) in [4.78, 5) is 0. The number of rotatable bonds is 7. The predicted octanol–water partition coefficient (Wildman–Crippen LogP) is 2.15. The van der Waals surface area contributed by atoms with Gasteiger partial charge in [0, 0.05) is 37.5 Å². The third-order valence-electron chi connectivity index (χ3n) is 4.24. The van der Waals surface area contributed by atoms with Crippen LogP contribution in [0.4, 0.5) is 0 Å². The lowest BCUT2D eigenvalue weighted by atomic mass is 9.89. The summed E-state index contributed by atoms with van der Waals surface area (Å²) in [6.45, 7) is 6.45. The van der Waals surface area contributed by atoms with Crippen LogP contribution in [0.25, 0.3) is 0 Å². The van der Waals surface area contributed by atoms with Crippen molar-refractivity contribution in [2.45, 2.75) is 51.7 Å². The van der Waals surface area contributed by atoms with Crippen molar-refractivity contribution in [3.63, 3.8) is 0 Å². The molecule has 1 aromatic rings. The molecule has 0 spiro atoms. The summed E-state index contributed by atoms with van der Waals surface area (Å²) in [6.07, 6.45) is 6.89. The monoisotopic (exact) mass is 265 g/mol. The number of hydrogen-bond donors (Lipinski definition) is 1. The molecule has 1 fully saturated rings. The Morgan fingerprint density at radius 2 is 2.42 bits per heavy atom. The van der Waals surface area contributed by atoms with E-state index in [0.29, 0.717) is 18.1 Å². The maximum atomic E-state index is 5.73. The molecule has 4 nitrogen and oxygen atoms in total. The van der Waals surface area contributed by atoms with E-state index in [1.54, 1.807) is 0 Å². The van der Waals surface area contributed by atoms with E-state index < -0.39 is 0 Å². The van der Waals surface area contributed by atoms with E-state index in [4.69, 9.17) is 4.74 Å². The van der Waals surface area contributed by atoms with Gasteiger partial charge < -0.3 is 10.1 Å². The number of nitrogens with zero attached hydrogens (tertiary/aromatic N) is 2. The fourth-order valence-electron chi connectivity index (χ4n) is 3.02. The zero-order valence-electron chi connectivity index (χ0n) is 12.4. The maximum Gasteiger partial charge on any atom is 0.0590 e. The first-order valence-electron chi connectivity index (χ1n) is 7.54. The highest BCUT2D eigenvalue weighted by Gasteiger charge is 2.31. The molecule has 0 aromatic carbocycles. The highest BCUT2D eigenvalue weighted by atomic mass is 16.5. The molecular weight excluding hydrogens is 238 g/mol. The first kappa shape index (κ1) is 14.5. The number of nitrogens with one attached hydrogen (secondary N) is 1. The van der Waals surface area contributed by atoms with Gasteiger partial charge in [0.05, 0.1) is 6.10 Å². The Balaban J connectivity index is 1.91. The summed E-state index contributed by atoms with van der Waals surface area (Å²) in [5.74, 6) is 0.653. The van der Waals surface area contributed by atoms with Crippen molar-refractivity contribution in [2.24, 2.45) is 13.0 Å². The molecule has 4 heteroatoms. The largest absolute Gasteiger partial charge is 0.378 e. The highest BCUT2D eigenvalue weighted by molar-refractivity contribution is 5.01. The zero-order valence-corrected chi connectivity index (χ0v) is 12.4. The van der Waals surface area contributed by atoms with Crippen LogP contribution in [-0.4, -0.2) is 35.1 Å². The van der Waals surface area contributed by atoms with Gasteiger partial charge in [0.2, 0.25) is 0 Å². The number of hydrogen-bond acceptors (Lipinski definition) is 3. The van der Waals surface area contributed by atoms with Crippen LogP contribution in [-0.2, 0) is 18.2 Å². The van der Waals surface area contributed by atoms with E-state index in [1.807, 2.05) is 17.9 Å². The molecule has 0 saturated carbocycles. The van der Waals surface area contributed by atoms with Gasteiger partial charge in [0.15, 0.2) is 0 Å². The molecule has 0 aliphatic carbocycles. The summed E-state index contributed by atoms with van der Waals surface area (Å²) in [6, 6.07) is 2.68. The number of aryl methyl sites for hydroxylation is 2. The van der Waals surface area contributed by atoms with Gasteiger partial charge in [0.1, 0.15) is 0 Å². The first-order chi connectivity index (χ1) is 9.22. The van der Waals surface area contributed by atoms with Crippen molar-refractivity contribution in [2.75, 3.05) is 13.2 Å². The van der Waals surface area contributed by atoms with E-state index in [2.05, 4.69) is 30.3 Å². The Hall–Kier alpha value is -0.870. The molecule has 3 unspecified atom stereocenters. The standard InChI is InChI=1S/C15H27N3O/c1-4-9-16-15(14-8-11-19-12(14)2)6-5-13-7-10-17-18(13)3/h7,10,12,14-16H,4-6,8-9,11H2,1-3H3. The topological polar surface area (TPSA) is 39.1 Å². The van der Waals surface area contributed by atoms with Gasteiger partial charge >= 0.3 is 0 Å². The van der Waals surface area contributed by atoms with Gasteiger partial charge in [-0.15, -0.1) is 0 Å². The molecule has 0 radical (unpaired) electrons. The highest BCUT2D eigenvalue weighted by Crippen LogP contribution is 2.26. The summed E-state index contributed by atoms with van der Waals surface area (Å²) in [7, 11) is 2.02. The molecule has 1 saturated heterocycles. The van der Waals surface area contributed by atoms with Crippen molar-refractivity contribution in [1.29, 1.82) is 0 Å². The molecule has 1 aliphatic heterocycles. The SMILES string of the molecule is CCCNC(CCc1ccnn1C)C1CCOC1C. The normalized spacial score (nSPS) is 24.8. The summed E-state index contributed by atoms with van der Waals surface area (Å²) < 4.78 is 7.71. The Morgan fingerprint density at radius 3 is 3.00 bits per heavy atom. The summed E-state index contributed by atoms with van der Waals surface area (Å²) >= 11 is 0. The summed E-state index contributed by atoms with van der Waals surface area (Å²) in [5, 5.41) is 7.95. The Kier molecular flexibility index (Phi) is 5.40. The van der Waals surface area contributed by atoms with Crippen LogP contribution in [0.5, 0.6) is 0 Å². The van der Waals surface area contributed by atoms with Crippen LogP contribution in [0.15, 0.2) is 12.3 Å². The van der Waals surface area contributed by atoms with Crippen molar-refractivity contribution < 1.29 is 4.74 Å².